The minimum atomic E-state index is -0.377. The number of nitrogens with two attached hydrogens (primary N) is 1. The largest absolute Gasteiger partial charge is 0.459 e. The summed E-state index contributed by atoms with van der Waals surface area (Å²) in [6.45, 7) is 3.58. The summed E-state index contributed by atoms with van der Waals surface area (Å²) in [6.07, 6.45) is 1.23. The fraction of sp³-hybridized carbons (Fsp3) is 0.214. The van der Waals surface area contributed by atoms with Crippen LogP contribution in [-0.4, -0.2) is 21.9 Å². The number of anilines is 1. The summed E-state index contributed by atoms with van der Waals surface area (Å²) in [5.41, 5.74) is 7.23. The molecule has 2 rings (SSSR count). The van der Waals surface area contributed by atoms with Gasteiger partial charge in [-0.2, -0.15) is 10.4 Å². The SMILES string of the molecule is CC(C)OC(=O)c1ccc(-n2ncc(C#N)c2N)cc1. The highest BCUT2D eigenvalue weighted by Crippen LogP contribution is 2.17. The van der Waals surface area contributed by atoms with Crippen molar-refractivity contribution < 1.29 is 9.53 Å². The molecule has 0 bridgehead atoms. The van der Waals surface area contributed by atoms with Gasteiger partial charge < -0.3 is 10.5 Å². The van der Waals surface area contributed by atoms with Crippen LogP contribution in [0.3, 0.4) is 0 Å². The first-order valence-electron chi connectivity index (χ1n) is 6.08. The number of nitrogens with zero attached hydrogens (tertiary/aromatic N) is 3. The lowest BCUT2D eigenvalue weighted by Crippen LogP contribution is -2.11. The van der Waals surface area contributed by atoms with Gasteiger partial charge in [0.1, 0.15) is 17.5 Å². The Kier molecular flexibility index (Phi) is 3.71. The van der Waals surface area contributed by atoms with Crippen molar-refractivity contribution in [3.63, 3.8) is 0 Å². The van der Waals surface area contributed by atoms with Crippen molar-refractivity contribution in [2.45, 2.75) is 20.0 Å². The van der Waals surface area contributed by atoms with Gasteiger partial charge in [-0.25, -0.2) is 9.48 Å². The predicted molar refractivity (Wildman–Crippen MR) is 73.2 cm³/mol. The van der Waals surface area contributed by atoms with Crippen molar-refractivity contribution in [3.05, 3.63) is 41.6 Å². The van der Waals surface area contributed by atoms with Gasteiger partial charge in [0.05, 0.1) is 23.6 Å². The van der Waals surface area contributed by atoms with E-state index in [0.29, 0.717) is 16.8 Å². The number of nitriles is 1. The summed E-state index contributed by atoms with van der Waals surface area (Å²) in [4.78, 5) is 11.7. The molecule has 2 N–H and O–H groups in total. The van der Waals surface area contributed by atoms with Crippen LogP contribution in [-0.2, 0) is 4.74 Å². The maximum absolute atomic E-state index is 11.7. The van der Waals surface area contributed by atoms with Crippen molar-refractivity contribution >= 4 is 11.8 Å². The van der Waals surface area contributed by atoms with E-state index in [0.717, 1.165) is 0 Å². The zero-order chi connectivity index (χ0) is 14.7. The van der Waals surface area contributed by atoms with E-state index in [2.05, 4.69) is 5.10 Å². The molecular formula is C14H14N4O2. The number of nitrogen functional groups attached to an aromatic ring is 1. The third-order valence-electron chi connectivity index (χ3n) is 2.62. The van der Waals surface area contributed by atoms with Gasteiger partial charge in [0.2, 0.25) is 0 Å². The first-order chi connectivity index (χ1) is 9.52. The molecule has 0 saturated heterocycles. The molecule has 0 radical (unpaired) electrons. The number of aromatic nitrogens is 2. The Bertz CT molecular complexity index is 665. The second kappa shape index (κ2) is 5.45. The van der Waals surface area contributed by atoms with Crippen molar-refractivity contribution in [2.75, 3.05) is 5.73 Å². The normalized spacial score (nSPS) is 10.3. The second-order valence-corrected chi connectivity index (χ2v) is 4.47. The lowest BCUT2D eigenvalue weighted by atomic mass is 10.2. The molecule has 0 spiro atoms. The number of carbonyl (C=O) groups excluding carboxylic acids is 1. The summed E-state index contributed by atoms with van der Waals surface area (Å²) in [7, 11) is 0. The quantitative estimate of drug-likeness (QED) is 0.859. The van der Waals surface area contributed by atoms with Crippen LogP contribution >= 0.6 is 0 Å². The van der Waals surface area contributed by atoms with Crippen LogP contribution in [0.2, 0.25) is 0 Å². The van der Waals surface area contributed by atoms with Crippen molar-refractivity contribution in [1.29, 1.82) is 5.26 Å². The van der Waals surface area contributed by atoms with Crippen LogP contribution in [0.25, 0.3) is 5.69 Å². The Hall–Kier alpha value is -2.81. The maximum atomic E-state index is 11.7. The number of hydrogen-bond donors (Lipinski definition) is 1. The monoisotopic (exact) mass is 270 g/mol. The average Bonchev–Trinajstić information content (AvgIpc) is 2.79. The Morgan fingerprint density at radius 1 is 1.40 bits per heavy atom. The second-order valence-electron chi connectivity index (χ2n) is 4.47. The van der Waals surface area contributed by atoms with E-state index in [-0.39, 0.29) is 17.9 Å². The van der Waals surface area contributed by atoms with Crippen molar-refractivity contribution in [2.24, 2.45) is 0 Å². The van der Waals surface area contributed by atoms with E-state index in [9.17, 15) is 4.79 Å². The highest BCUT2D eigenvalue weighted by atomic mass is 16.5. The van der Waals surface area contributed by atoms with E-state index >= 15 is 0 Å². The van der Waals surface area contributed by atoms with Gasteiger partial charge in [0.25, 0.3) is 0 Å². The molecule has 20 heavy (non-hydrogen) atoms. The van der Waals surface area contributed by atoms with Gasteiger partial charge >= 0.3 is 5.97 Å². The Balaban J connectivity index is 2.26. The van der Waals surface area contributed by atoms with Crippen LogP contribution in [0.4, 0.5) is 5.82 Å². The summed E-state index contributed by atoms with van der Waals surface area (Å²) in [6, 6.07) is 8.61. The predicted octanol–water partition coefficient (Wildman–Crippen LogP) is 1.89. The number of hydrogen-bond acceptors (Lipinski definition) is 5. The number of ether oxygens (including phenoxy) is 1. The molecule has 0 aliphatic carbocycles. The van der Waals surface area contributed by atoms with E-state index in [1.807, 2.05) is 6.07 Å². The zero-order valence-electron chi connectivity index (χ0n) is 11.2. The van der Waals surface area contributed by atoms with Gasteiger partial charge in [-0.3, -0.25) is 0 Å². The third-order valence-corrected chi connectivity index (χ3v) is 2.62. The van der Waals surface area contributed by atoms with Crippen molar-refractivity contribution in [1.82, 2.24) is 9.78 Å². The molecule has 0 saturated carbocycles. The standard InChI is InChI=1S/C14H14N4O2/c1-9(2)20-14(19)10-3-5-12(6-4-10)18-13(16)11(7-15)8-17-18/h3-6,8-9H,16H2,1-2H3. The van der Waals surface area contributed by atoms with Crippen LogP contribution in [0, 0.1) is 11.3 Å². The molecule has 6 heteroatoms. The molecular weight excluding hydrogens is 256 g/mol. The molecule has 0 aliphatic heterocycles. The highest BCUT2D eigenvalue weighted by Gasteiger charge is 2.11. The first-order valence-corrected chi connectivity index (χ1v) is 6.08. The summed E-state index contributed by atoms with van der Waals surface area (Å²) >= 11 is 0. The number of rotatable bonds is 3. The molecule has 0 atom stereocenters. The zero-order valence-corrected chi connectivity index (χ0v) is 11.2. The molecule has 2 aromatic rings. The van der Waals surface area contributed by atoms with E-state index in [4.69, 9.17) is 15.7 Å². The fourth-order valence-corrected chi connectivity index (χ4v) is 1.67. The maximum Gasteiger partial charge on any atom is 0.338 e. The van der Waals surface area contributed by atoms with Crippen LogP contribution < -0.4 is 5.73 Å². The lowest BCUT2D eigenvalue weighted by Gasteiger charge is -2.09. The molecule has 6 nitrogen and oxygen atoms in total. The summed E-state index contributed by atoms with van der Waals surface area (Å²) in [5, 5.41) is 12.9. The van der Waals surface area contributed by atoms with E-state index in [1.165, 1.54) is 10.9 Å². The Labute approximate surface area is 116 Å². The molecule has 1 aromatic carbocycles. The lowest BCUT2D eigenvalue weighted by molar-refractivity contribution is 0.0378. The number of carbonyl (C=O) groups is 1. The topological polar surface area (TPSA) is 93.9 Å². The Morgan fingerprint density at radius 3 is 2.55 bits per heavy atom. The van der Waals surface area contributed by atoms with Gasteiger partial charge in [0, 0.05) is 0 Å². The highest BCUT2D eigenvalue weighted by molar-refractivity contribution is 5.89. The van der Waals surface area contributed by atoms with Gasteiger partial charge in [-0.1, -0.05) is 0 Å². The summed E-state index contributed by atoms with van der Waals surface area (Å²) < 4.78 is 6.54. The van der Waals surface area contributed by atoms with Crippen LogP contribution in [0.5, 0.6) is 0 Å². The molecule has 0 fully saturated rings. The molecule has 1 aromatic heterocycles. The molecule has 0 amide bonds. The van der Waals surface area contributed by atoms with Gasteiger partial charge in [0.15, 0.2) is 0 Å². The number of benzene rings is 1. The molecule has 102 valence electrons. The molecule has 1 heterocycles. The van der Waals surface area contributed by atoms with Crippen LogP contribution in [0.15, 0.2) is 30.5 Å². The minimum Gasteiger partial charge on any atom is -0.459 e. The smallest absolute Gasteiger partial charge is 0.338 e. The average molecular weight is 270 g/mol. The third kappa shape index (κ3) is 2.62. The minimum absolute atomic E-state index is 0.165. The molecule has 0 aliphatic rings. The van der Waals surface area contributed by atoms with Crippen LogP contribution in [0.1, 0.15) is 29.8 Å². The molecule has 0 unspecified atom stereocenters. The van der Waals surface area contributed by atoms with Crippen molar-refractivity contribution in [3.8, 4) is 11.8 Å². The number of esters is 1. The Morgan fingerprint density at radius 2 is 2.05 bits per heavy atom. The first kappa shape index (κ1) is 13.6. The fourth-order valence-electron chi connectivity index (χ4n) is 1.67. The summed E-state index contributed by atoms with van der Waals surface area (Å²) in [5.74, 6) is -0.109. The van der Waals surface area contributed by atoms with Gasteiger partial charge in [-0.05, 0) is 38.1 Å². The van der Waals surface area contributed by atoms with Gasteiger partial charge in [-0.15, -0.1) is 0 Å². The van der Waals surface area contributed by atoms with E-state index in [1.54, 1.807) is 38.1 Å². The van der Waals surface area contributed by atoms with E-state index < -0.39 is 0 Å².